The van der Waals surface area contributed by atoms with Gasteiger partial charge in [0.05, 0.1) is 0 Å². The van der Waals surface area contributed by atoms with E-state index >= 15 is 0 Å². The van der Waals surface area contributed by atoms with E-state index < -0.39 is 5.97 Å². The Morgan fingerprint density at radius 1 is 0.431 bits per heavy atom. The van der Waals surface area contributed by atoms with Crippen LogP contribution in [0.2, 0.25) is 0 Å². The van der Waals surface area contributed by atoms with Crippen molar-refractivity contribution in [2.24, 2.45) is 0 Å². The first kappa shape index (κ1) is 49.4. The lowest BCUT2D eigenvalue weighted by molar-refractivity contribution is -0.150. The molecule has 0 aromatic carbocycles. The third-order valence-electron chi connectivity index (χ3n) is 10.4. The van der Waals surface area contributed by atoms with Crippen molar-refractivity contribution in [3.63, 3.8) is 0 Å². The average Bonchev–Trinajstić information content (AvgIpc) is 3.12. The summed E-state index contributed by atoms with van der Waals surface area (Å²) in [7, 11) is 0. The molecule has 4 nitrogen and oxygen atoms in total. The van der Waals surface area contributed by atoms with Crippen LogP contribution in [0, 0.1) is 0 Å². The first-order valence-corrected chi connectivity index (χ1v) is 22.8. The molecule has 0 spiro atoms. The van der Waals surface area contributed by atoms with Crippen LogP contribution in [0.25, 0.3) is 0 Å². The summed E-state index contributed by atoms with van der Waals surface area (Å²) in [6, 6.07) is 0. The number of unbranched alkanes of at least 4 members (excludes halogenated alkanes) is 29. The molecule has 0 heterocycles. The van der Waals surface area contributed by atoms with Gasteiger partial charge in [0, 0.05) is 12.8 Å². The summed E-state index contributed by atoms with van der Waals surface area (Å²) in [4.78, 5) is 23.5. The van der Waals surface area contributed by atoms with Crippen LogP contribution in [0.15, 0.2) is 24.3 Å². The largest absolute Gasteiger partial charge is 0.481 e. The number of hydrogen-bond donors (Lipinski definition) is 1. The summed E-state index contributed by atoms with van der Waals surface area (Å²) < 4.78 is 6.01. The zero-order chi connectivity index (χ0) is 37.1. The lowest BCUT2D eigenvalue weighted by Crippen LogP contribution is -2.18. The van der Waals surface area contributed by atoms with E-state index in [9.17, 15) is 9.59 Å². The van der Waals surface area contributed by atoms with Crippen LogP contribution in [0.4, 0.5) is 0 Å². The van der Waals surface area contributed by atoms with Gasteiger partial charge in [-0.3, -0.25) is 9.59 Å². The summed E-state index contributed by atoms with van der Waals surface area (Å²) in [5.74, 6) is -0.718. The second-order valence-corrected chi connectivity index (χ2v) is 15.6. The molecule has 0 fully saturated rings. The Balaban J connectivity index is 3.96. The first-order valence-electron chi connectivity index (χ1n) is 22.8. The van der Waals surface area contributed by atoms with Crippen LogP contribution < -0.4 is 0 Å². The molecule has 51 heavy (non-hydrogen) atoms. The van der Waals surface area contributed by atoms with Gasteiger partial charge in [0.2, 0.25) is 0 Å². The second-order valence-electron chi connectivity index (χ2n) is 15.6. The first-order chi connectivity index (χ1) is 25.1. The smallest absolute Gasteiger partial charge is 0.306 e. The van der Waals surface area contributed by atoms with Crippen LogP contribution in [-0.4, -0.2) is 23.1 Å². The molecule has 0 aliphatic carbocycles. The maximum atomic E-state index is 12.7. The van der Waals surface area contributed by atoms with Gasteiger partial charge in [-0.1, -0.05) is 205 Å². The number of carboxylic acid groups (broad SMARTS) is 1. The normalized spacial score (nSPS) is 12.4. The predicted octanol–water partition coefficient (Wildman–Crippen LogP) is 16.0. The minimum Gasteiger partial charge on any atom is -0.481 e. The lowest BCUT2D eigenvalue weighted by Gasteiger charge is -2.18. The minimum absolute atomic E-state index is 0.0146. The highest BCUT2D eigenvalue weighted by atomic mass is 16.5. The van der Waals surface area contributed by atoms with E-state index in [1.165, 1.54) is 154 Å². The molecule has 1 unspecified atom stereocenters. The fourth-order valence-electron chi connectivity index (χ4n) is 7.05. The Hall–Kier alpha value is -1.58. The second kappa shape index (κ2) is 42.8. The summed E-state index contributed by atoms with van der Waals surface area (Å²) in [5, 5.41) is 8.84. The number of carbonyl (C=O) groups is 2. The molecule has 0 aromatic rings. The average molecular weight is 717 g/mol. The van der Waals surface area contributed by atoms with E-state index in [1.54, 1.807) is 0 Å². The number of esters is 1. The zero-order valence-electron chi connectivity index (χ0n) is 34.4. The molecular formula is C47H88O4. The third-order valence-corrected chi connectivity index (χ3v) is 10.4. The molecule has 0 saturated carbocycles. The number of carboxylic acids is 1. The molecule has 0 aromatic heterocycles. The van der Waals surface area contributed by atoms with Crippen molar-refractivity contribution in [2.45, 2.75) is 264 Å². The fourth-order valence-corrected chi connectivity index (χ4v) is 7.05. The number of rotatable bonds is 42. The van der Waals surface area contributed by atoms with Gasteiger partial charge in [-0.05, 0) is 64.2 Å². The van der Waals surface area contributed by atoms with Gasteiger partial charge < -0.3 is 9.84 Å². The molecule has 0 aliphatic heterocycles. The Bertz CT molecular complexity index is 772. The topological polar surface area (TPSA) is 63.6 Å². The molecule has 0 radical (unpaired) electrons. The fraction of sp³-hybridized carbons (Fsp3) is 0.872. The van der Waals surface area contributed by atoms with E-state index in [4.69, 9.17) is 9.84 Å². The van der Waals surface area contributed by atoms with Crippen molar-refractivity contribution in [1.29, 1.82) is 0 Å². The summed E-state index contributed by atoms with van der Waals surface area (Å²) in [6.07, 6.45) is 55.0. The number of aliphatic carboxylic acids is 1. The van der Waals surface area contributed by atoms with Gasteiger partial charge in [0.1, 0.15) is 6.10 Å². The summed E-state index contributed by atoms with van der Waals surface area (Å²) >= 11 is 0. The minimum atomic E-state index is -0.704. The van der Waals surface area contributed by atoms with Crippen molar-refractivity contribution in [2.75, 3.05) is 0 Å². The SMILES string of the molecule is CCCCCCC/C=C\C/C=C\CCCC(CCCCCCCC(=O)O)OC(=O)CCCCCCCCCCCCCCCCCCCCCC. The quantitative estimate of drug-likeness (QED) is 0.0388. The van der Waals surface area contributed by atoms with E-state index in [0.717, 1.165) is 77.0 Å². The molecule has 1 N–H and O–H groups in total. The Labute approximate surface area is 318 Å². The number of carbonyl (C=O) groups excluding carboxylic acids is 1. The monoisotopic (exact) mass is 717 g/mol. The van der Waals surface area contributed by atoms with Gasteiger partial charge in [-0.15, -0.1) is 0 Å². The maximum Gasteiger partial charge on any atom is 0.306 e. The summed E-state index contributed by atoms with van der Waals surface area (Å²) in [5.41, 5.74) is 0. The van der Waals surface area contributed by atoms with E-state index in [0.29, 0.717) is 6.42 Å². The van der Waals surface area contributed by atoms with Crippen molar-refractivity contribution < 1.29 is 19.4 Å². The van der Waals surface area contributed by atoms with Crippen LogP contribution in [-0.2, 0) is 14.3 Å². The molecule has 0 saturated heterocycles. The standard InChI is InChI=1S/C47H88O4/c1-3-5-7-9-11-13-15-17-18-19-20-21-22-23-25-27-29-31-36-40-44-47(50)51-45(42-38-34-32-35-39-43-46(48)49)41-37-33-30-28-26-24-16-14-12-10-8-6-4-2/h16,24,28,30,45H,3-15,17-23,25-27,29,31-44H2,1-2H3,(H,48,49)/b24-16-,30-28-. The highest BCUT2D eigenvalue weighted by molar-refractivity contribution is 5.69. The van der Waals surface area contributed by atoms with Gasteiger partial charge in [0.25, 0.3) is 0 Å². The molecule has 300 valence electrons. The molecule has 1 atom stereocenters. The zero-order valence-corrected chi connectivity index (χ0v) is 34.4. The molecule has 0 aliphatic rings. The Morgan fingerprint density at radius 3 is 1.24 bits per heavy atom. The number of allylic oxidation sites excluding steroid dienone is 4. The summed E-state index contributed by atoms with van der Waals surface area (Å²) in [6.45, 7) is 4.56. The molecule has 0 amide bonds. The predicted molar refractivity (Wildman–Crippen MR) is 223 cm³/mol. The Morgan fingerprint density at radius 2 is 0.784 bits per heavy atom. The van der Waals surface area contributed by atoms with Crippen molar-refractivity contribution in [1.82, 2.24) is 0 Å². The van der Waals surface area contributed by atoms with E-state index in [2.05, 4.69) is 38.2 Å². The van der Waals surface area contributed by atoms with Gasteiger partial charge in [-0.2, -0.15) is 0 Å². The highest BCUT2D eigenvalue weighted by Gasteiger charge is 2.14. The van der Waals surface area contributed by atoms with E-state index in [1.807, 2.05) is 0 Å². The van der Waals surface area contributed by atoms with Crippen molar-refractivity contribution in [3.05, 3.63) is 24.3 Å². The number of hydrogen-bond acceptors (Lipinski definition) is 3. The highest BCUT2D eigenvalue weighted by Crippen LogP contribution is 2.18. The van der Waals surface area contributed by atoms with Crippen molar-refractivity contribution in [3.8, 4) is 0 Å². The van der Waals surface area contributed by atoms with Gasteiger partial charge in [-0.25, -0.2) is 0 Å². The molecular weight excluding hydrogens is 629 g/mol. The molecule has 0 bridgehead atoms. The van der Waals surface area contributed by atoms with Gasteiger partial charge >= 0.3 is 11.9 Å². The van der Waals surface area contributed by atoms with Gasteiger partial charge in [0.15, 0.2) is 0 Å². The third kappa shape index (κ3) is 42.7. The van der Waals surface area contributed by atoms with Crippen LogP contribution in [0.3, 0.4) is 0 Å². The maximum absolute atomic E-state index is 12.7. The lowest BCUT2D eigenvalue weighted by atomic mass is 10.0. The Kier molecular flexibility index (Phi) is 41.5. The van der Waals surface area contributed by atoms with Crippen molar-refractivity contribution >= 4 is 11.9 Å². The van der Waals surface area contributed by atoms with Crippen LogP contribution in [0.5, 0.6) is 0 Å². The molecule has 4 heteroatoms. The number of ether oxygens (including phenoxy) is 1. The van der Waals surface area contributed by atoms with E-state index in [-0.39, 0.29) is 18.5 Å². The molecule has 0 rings (SSSR count). The van der Waals surface area contributed by atoms with Crippen LogP contribution >= 0.6 is 0 Å². The van der Waals surface area contributed by atoms with Crippen LogP contribution in [0.1, 0.15) is 258 Å².